The number of ether oxygens (including phenoxy) is 4. The third kappa shape index (κ3) is 1.82. The predicted molar refractivity (Wildman–Crippen MR) is 60.1 cm³/mol. The summed E-state index contributed by atoms with van der Waals surface area (Å²) >= 11 is 0. The largest absolute Gasteiger partial charge is 0.493 e. The van der Waals surface area contributed by atoms with Gasteiger partial charge in [-0.15, -0.1) is 0 Å². The minimum absolute atomic E-state index is 0.0782. The smallest absolute Gasteiger partial charge is 0.203 e. The van der Waals surface area contributed by atoms with E-state index < -0.39 is 0 Å². The normalized spacial score (nSPS) is 14.2. The summed E-state index contributed by atoms with van der Waals surface area (Å²) in [6, 6.07) is 1.67. The van der Waals surface area contributed by atoms with Crippen molar-refractivity contribution in [3.8, 4) is 17.2 Å². The number of methoxy groups -OCH3 is 3. The van der Waals surface area contributed by atoms with Gasteiger partial charge in [-0.2, -0.15) is 0 Å². The van der Waals surface area contributed by atoms with Crippen LogP contribution >= 0.6 is 0 Å². The van der Waals surface area contributed by atoms with E-state index in [2.05, 4.69) is 0 Å². The highest BCUT2D eigenvalue weighted by atomic mass is 16.5. The number of benzene rings is 1. The van der Waals surface area contributed by atoms with Crippen molar-refractivity contribution in [2.24, 2.45) is 0 Å². The topological polar surface area (TPSA) is 54.0 Å². The summed E-state index contributed by atoms with van der Waals surface area (Å²) in [5.41, 5.74) is 1.28. The van der Waals surface area contributed by atoms with Crippen molar-refractivity contribution in [2.75, 3.05) is 27.9 Å². The quantitative estimate of drug-likeness (QED) is 0.797. The van der Waals surface area contributed by atoms with Crippen molar-refractivity contribution in [3.05, 3.63) is 17.2 Å². The predicted octanol–water partition coefficient (Wildman–Crippen LogP) is 1.43. The molecular formula is C12H14O5. The fourth-order valence-electron chi connectivity index (χ4n) is 1.93. The molecule has 1 aromatic carbocycles. The third-order valence-corrected chi connectivity index (χ3v) is 2.71. The zero-order valence-corrected chi connectivity index (χ0v) is 10.0. The van der Waals surface area contributed by atoms with Crippen LogP contribution in [0.15, 0.2) is 6.07 Å². The first kappa shape index (κ1) is 11.7. The van der Waals surface area contributed by atoms with Gasteiger partial charge >= 0.3 is 0 Å². The van der Waals surface area contributed by atoms with Gasteiger partial charge in [0, 0.05) is 11.1 Å². The zero-order chi connectivity index (χ0) is 12.4. The van der Waals surface area contributed by atoms with Gasteiger partial charge in [0.05, 0.1) is 27.9 Å². The summed E-state index contributed by atoms with van der Waals surface area (Å²) in [6.45, 7) is 0.427. The number of rotatable bonds is 3. The van der Waals surface area contributed by atoms with Crippen LogP contribution in [0, 0.1) is 0 Å². The molecule has 0 saturated carbocycles. The molecule has 5 heteroatoms. The standard InChI is InChI=1S/C12H14O5/c1-14-10-4-7-8(5-17-6-9(7)13)11(15-2)12(10)16-3/h4H,5-6H2,1-3H3. The van der Waals surface area contributed by atoms with E-state index in [1.54, 1.807) is 6.07 Å². The van der Waals surface area contributed by atoms with Gasteiger partial charge in [0.1, 0.15) is 6.61 Å². The van der Waals surface area contributed by atoms with Crippen molar-refractivity contribution in [1.82, 2.24) is 0 Å². The molecule has 0 atom stereocenters. The van der Waals surface area contributed by atoms with E-state index in [9.17, 15) is 4.79 Å². The maximum Gasteiger partial charge on any atom is 0.203 e. The molecule has 1 aliphatic rings. The van der Waals surface area contributed by atoms with Gasteiger partial charge in [-0.05, 0) is 6.07 Å². The number of fused-ring (bicyclic) bond motifs is 1. The lowest BCUT2D eigenvalue weighted by Gasteiger charge is -2.21. The second kappa shape index (κ2) is 4.63. The summed E-state index contributed by atoms with van der Waals surface area (Å²) < 4.78 is 20.9. The van der Waals surface area contributed by atoms with E-state index in [-0.39, 0.29) is 12.4 Å². The second-order valence-electron chi connectivity index (χ2n) is 3.59. The van der Waals surface area contributed by atoms with Crippen LogP contribution in [0.25, 0.3) is 0 Å². The maximum atomic E-state index is 11.7. The fourth-order valence-corrected chi connectivity index (χ4v) is 1.93. The SMILES string of the molecule is COc1cc2c(c(OC)c1OC)COCC2=O. The average Bonchev–Trinajstić information content (AvgIpc) is 2.36. The van der Waals surface area contributed by atoms with E-state index in [1.165, 1.54) is 21.3 Å². The Hall–Kier alpha value is -1.75. The Kier molecular flexibility index (Phi) is 3.19. The van der Waals surface area contributed by atoms with Crippen molar-refractivity contribution in [2.45, 2.75) is 6.61 Å². The Morgan fingerprint density at radius 2 is 1.76 bits per heavy atom. The molecule has 0 amide bonds. The summed E-state index contributed by atoms with van der Waals surface area (Å²) in [4.78, 5) is 11.7. The van der Waals surface area contributed by atoms with E-state index in [0.717, 1.165) is 0 Å². The lowest BCUT2D eigenvalue weighted by Crippen LogP contribution is -2.19. The van der Waals surface area contributed by atoms with E-state index in [0.29, 0.717) is 35.0 Å². The molecule has 92 valence electrons. The molecule has 0 bridgehead atoms. The van der Waals surface area contributed by atoms with Gasteiger partial charge in [0.2, 0.25) is 5.75 Å². The summed E-state index contributed by atoms with van der Waals surface area (Å²) in [5.74, 6) is 1.38. The van der Waals surface area contributed by atoms with Crippen LogP contribution in [0.3, 0.4) is 0 Å². The Morgan fingerprint density at radius 1 is 1.06 bits per heavy atom. The number of hydrogen-bond acceptors (Lipinski definition) is 5. The van der Waals surface area contributed by atoms with Gasteiger partial charge in [-0.3, -0.25) is 4.79 Å². The molecule has 0 spiro atoms. The first-order valence-corrected chi connectivity index (χ1v) is 5.15. The van der Waals surface area contributed by atoms with Gasteiger partial charge in [0.25, 0.3) is 0 Å². The van der Waals surface area contributed by atoms with Gasteiger partial charge in [-0.1, -0.05) is 0 Å². The first-order valence-electron chi connectivity index (χ1n) is 5.15. The van der Waals surface area contributed by atoms with Crippen LogP contribution in [0.4, 0.5) is 0 Å². The molecule has 0 N–H and O–H groups in total. The molecular weight excluding hydrogens is 224 g/mol. The van der Waals surface area contributed by atoms with Gasteiger partial charge in [-0.25, -0.2) is 0 Å². The molecule has 1 aliphatic heterocycles. The lowest BCUT2D eigenvalue weighted by molar-refractivity contribution is 0.0656. The maximum absolute atomic E-state index is 11.7. The first-order chi connectivity index (χ1) is 8.22. The fraction of sp³-hybridized carbons (Fsp3) is 0.417. The molecule has 0 fully saturated rings. The van der Waals surface area contributed by atoms with Crippen LogP contribution in [0.1, 0.15) is 15.9 Å². The monoisotopic (exact) mass is 238 g/mol. The number of ketones is 1. The number of hydrogen-bond donors (Lipinski definition) is 0. The molecule has 2 rings (SSSR count). The van der Waals surface area contributed by atoms with Gasteiger partial charge < -0.3 is 18.9 Å². The summed E-state index contributed by atoms with van der Waals surface area (Å²) in [6.07, 6.45) is 0. The molecule has 1 heterocycles. The lowest BCUT2D eigenvalue weighted by atomic mass is 10.00. The Bertz CT molecular complexity index is 453. The molecule has 0 aliphatic carbocycles. The summed E-state index contributed by atoms with van der Waals surface area (Å²) in [7, 11) is 4.57. The highest BCUT2D eigenvalue weighted by Crippen LogP contribution is 2.43. The molecule has 0 radical (unpaired) electrons. The minimum Gasteiger partial charge on any atom is -0.493 e. The number of Topliss-reactive ketones (excluding diaryl/α,β-unsaturated/α-hetero) is 1. The highest BCUT2D eigenvalue weighted by molar-refractivity contribution is 6.00. The second-order valence-corrected chi connectivity index (χ2v) is 3.59. The van der Waals surface area contributed by atoms with Crippen LogP contribution in [0.5, 0.6) is 17.2 Å². The zero-order valence-electron chi connectivity index (χ0n) is 10.0. The Labute approximate surface area is 99.2 Å². The van der Waals surface area contributed by atoms with Crippen molar-refractivity contribution in [3.63, 3.8) is 0 Å². The molecule has 0 aromatic heterocycles. The van der Waals surface area contributed by atoms with E-state index in [4.69, 9.17) is 18.9 Å². The van der Waals surface area contributed by atoms with Crippen LogP contribution < -0.4 is 14.2 Å². The van der Waals surface area contributed by atoms with Gasteiger partial charge in [0.15, 0.2) is 17.3 Å². The Morgan fingerprint density at radius 3 is 2.35 bits per heavy atom. The molecule has 1 aromatic rings. The molecule has 5 nitrogen and oxygen atoms in total. The van der Waals surface area contributed by atoms with Crippen LogP contribution in [0.2, 0.25) is 0 Å². The van der Waals surface area contributed by atoms with E-state index in [1.807, 2.05) is 0 Å². The Balaban J connectivity index is 2.68. The van der Waals surface area contributed by atoms with Crippen LogP contribution in [-0.4, -0.2) is 33.7 Å². The number of carbonyl (C=O) groups excluding carboxylic acids is 1. The van der Waals surface area contributed by atoms with Crippen molar-refractivity contribution < 1.29 is 23.7 Å². The highest BCUT2D eigenvalue weighted by Gasteiger charge is 2.27. The van der Waals surface area contributed by atoms with E-state index >= 15 is 0 Å². The average molecular weight is 238 g/mol. The molecule has 0 unspecified atom stereocenters. The summed E-state index contributed by atoms with van der Waals surface area (Å²) in [5, 5.41) is 0. The minimum atomic E-state index is -0.0782. The number of carbonyl (C=O) groups is 1. The van der Waals surface area contributed by atoms with Crippen molar-refractivity contribution >= 4 is 5.78 Å². The van der Waals surface area contributed by atoms with Crippen molar-refractivity contribution in [1.29, 1.82) is 0 Å². The molecule has 17 heavy (non-hydrogen) atoms. The molecule has 0 saturated heterocycles. The third-order valence-electron chi connectivity index (χ3n) is 2.71. The van der Waals surface area contributed by atoms with Crippen LogP contribution in [-0.2, 0) is 11.3 Å².